The molecule has 2 N–H and O–H groups in total. The molecule has 0 bridgehead atoms. The Kier molecular flexibility index (Phi) is 17.3. The van der Waals surface area contributed by atoms with Gasteiger partial charge in [-0.25, -0.2) is 0 Å². The van der Waals surface area contributed by atoms with Crippen LogP contribution in [0.3, 0.4) is 0 Å². The predicted molar refractivity (Wildman–Crippen MR) is 214 cm³/mol. The number of halogens is 4. The predicted octanol–water partition coefficient (Wildman–Crippen LogP) is 7.53. The molecule has 1 fully saturated rings. The van der Waals surface area contributed by atoms with Gasteiger partial charge >= 0.3 is 0 Å². The second kappa shape index (κ2) is 20.6. The van der Waals surface area contributed by atoms with E-state index in [2.05, 4.69) is 37.5 Å². The summed E-state index contributed by atoms with van der Waals surface area (Å²) in [6.45, 7) is 11.5. The van der Waals surface area contributed by atoms with Crippen molar-refractivity contribution in [1.29, 1.82) is 0 Å². The van der Waals surface area contributed by atoms with E-state index in [4.69, 9.17) is 37.4 Å². The zero-order valence-electron chi connectivity index (χ0n) is 30.4. The van der Waals surface area contributed by atoms with Crippen LogP contribution in [0.15, 0.2) is 60.7 Å². The van der Waals surface area contributed by atoms with E-state index in [1.807, 2.05) is 48.5 Å². The van der Waals surface area contributed by atoms with Crippen molar-refractivity contribution < 1.29 is 23.8 Å². The van der Waals surface area contributed by atoms with Gasteiger partial charge in [-0.15, -0.1) is 24.8 Å². The molecule has 286 valence electrons. The van der Waals surface area contributed by atoms with Crippen LogP contribution < -0.4 is 25.0 Å². The molecule has 0 saturated carbocycles. The maximum absolute atomic E-state index is 14.4. The van der Waals surface area contributed by atoms with Crippen LogP contribution in [0, 0.1) is 5.41 Å². The topological polar surface area (TPSA) is 92.4 Å². The Morgan fingerprint density at radius 2 is 1.71 bits per heavy atom. The molecule has 3 aromatic carbocycles. The molecule has 2 heterocycles. The molecule has 2 aliphatic rings. The van der Waals surface area contributed by atoms with E-state index in [0.29, 0.717) is 54.0 Å². The van der Waals surface area contributed by atoms with Crippen molar-refractivity contribution >= 4 is 65.5 Å². The van der Waals surface area contributed by atoms with Crippen LogP contribution in [-0.2, 0) is 20.7 Å². The number of benzene rings is 3. The summed E-state index contributed by atoms with van der Waals surface area (Å²) in [6.07, 6.45) is 0.872. The molecule has 9 nitrogen and oxygen atoms in total. The highest BCUT2D eigenvalue weighted by molar-refractivity contribution is 6.31. The van der Waals surface area contributed by atoms with Gasteiger partial charge in [-0.05, 0) is 73.7 Å². The Balaban J connectivity index is 0.00000364. The number of methoxy groups -OCH3 is 1. The number of piperazine rings is 1. The van der Waals surface area contributed by atoms with E-state index in [1.165, 1.54) is 0 Å². The zero-order valence-corrected chi connectivity index (χ0v) is 33.6. The molecule has 0 radical (unpaired) electrons. The number of hydrogen-bond acceptors (Lipinski definition) is 7. The average molecular weight is 799 g/mol. The fourth-order valence-electron chi connectivity index (χ4n) is 6.47. The molecule has 0 unspecified atom stereocenters. The molecule has 2 amide bonds. The quantitative estimate of drug-likeness (QED) is 0.163. The standard InChI is InChI=1S/C39H50Cl2N4O5.2ClH/c1-39(2,3)26-45-32-16-15-28(40)24-30(32)36(50-34(38(45)47)25-35(46)44-21-19-43-20-22-44)29-12-7-14-33(37(29)48-4)49-23-9-18-42-17-8-11-27-10-5-6-13-31(27)41;;/h5-7,10,12-16,24,34,36,42-43H,8-9,11,17-23,25-26H2,1-4H3;2*1H/t34-,36-;;/m1../s1. The number of amides is 2. The summed E-state index contributed by atoms with van der Waals surface area (Å²) in [7, 11) is 1.60. The Labute approximate surface area is 330 Å². The second-order valence-electron chi connectivity index (χ2n) is 14.1. The molecule has 0 aliphatic carbocycles. The summed E-state index contributed by atoms with van der Waals surface area (Å²) in [5.74, 6) is 0.733. The normalized spacial score (nSPS) is 17.4. The lowest BCUT2D eigenvalue weighted by atomic mass is 9.94. The van der Waals surface area contributed by atoms with E-state index in [0.717, 1.165) is 61.6 Å². The minimum atomic E-state index is -1.02. The van der Waals surface area contributed by atoms with Gasteiger partial charge in [0.15, 0.2) is 11.5 Å². The monoisotopic (exact) mass is 796 g/mol. The summed E-state index contributed by atoms with van der Waals surface area (Å²) in [5, 5.41) is 8.09. The summed E-state index contributed by atoms with van der Waals surface area (Å²) >= 11 is 12.9. The third-order valence-corrected chi connectivity index (χ3v) is 9.48. The van der Waals surface area contributed by atoms with Crippen molar-refractivity contribution in [3.05, 3.63) is 87.4 Å². The molecule has 1 saturated heterocycles. The number of para-hydroxylation sites is 1. The van der Waals surface area contributed by atoms with Gasteiger partial charge in [-0.1, -0.05) is 74.3 Å². The minimum Gasteiger partial charge on any atom is -0.492 e. The third-order valence-electron chi connectivity index (χ3n) is 8.88. The molecule has 0 aromatic heterocycles. The molecule has 52 heavy (non-hydrogen) atoms. The van der Waals surface area contributed by atoms with E-state index in [1.54, 1.807) is 23.0 Å². The zero-order chi connectivity index (χ0) is 35.7. The fourth-order valence-corrected chi connectivity index (χ4v) is 6.88. The fraction of sp³-hybridized carbons (Fsp3) is 0.487. The molecular weight excluding hydrogens is 746 g/mol. The van der Waals surface area contributed by atoms with Crippen LogP contribution >= 0.6 is 48.0 Å². The highest BCUT2D eigenvalue weighted by Crippen LogP contribution is 2.45. The van der Waals surface area contributed by atoms with Crippen LogP contribution in [0.2, 0.25) is 10.0 Å². The highest BCUT2D eigenvalue weighted by Gasteiger charge is 2.40. The van der Waals surface area contributed by atoms with Crippen molar-refractivity contribution in [2.45, 2.75) is 58.7 Å². The van der Waals surface area contributed by atoms with Gasteiger partial charge in [0.2, 0.25) is 5.91 Å². The Morgan fingerprint density at radius 3 is 2.42 bits per heavy atom. The molecule has 2 atom stereocenters. The first-order chi connectivity index (χ1) is 24.1. The Morgan fingerprint density at radius 1 is 0.981 bits per heavy atom. The number of carbonyl (C=O) groups excluding carboxylic acids is 2. The van der Waals surface area contributed by atoms with Gasteiger partial charge in [-0.3, -0.25) is 9.59 Å². The maximum Gasteiger partial charge on any atom is 0.256 e. The van der Waals surface area contributed by atoms with Crippen molar-refractivity contribution in [3.63, 3.8) is 0 Å². The first-order valence-corrected chi connectivity index (χ1v) is 18.3. The number of nitrogens with one attached hydrogen (secondary N) is 2. The van der Waals surface area contributed by atoms with Crippen LogP contribution in [0.25, 0.3) is 0 Å². The number of aryl methyl sites for hydroxylation is 1. The molecule has 0 spiro atoms. The lowest BCUT2D eigenvalue weighted by molar-refractivity contribution is -0.143. The van der Waals surface area contributed by atoms with Crippen molar-refractivity contribution in [1.82, 2.24) is 15.5 Å². The SMILES string of the molecule is COc1c(OCCCNCCCc2ccccc2Cl)cccc1[C@H]1O[C@H](CC(=O)N2CCNCC2)C(=O)N(CC(C)(C)C)c2ccc(Cl)cc21.Cl.Cl. The maximum atomic E-state index is 14.4. The number of fused-ring (bicyclic) bond motifs is 1. The van der Waals surface area contributed by atoms with Crippen LogP contribution in [0.4, 0.5) is 5.69 Å². The summed E-state index contributed by atoms with van der Waals surface area (Å²) in [4.78, 5) is 31.5. The second-order valence-corrected chi connectivity index (χ2v) is 14.9. The van der Waals surface area contributed by atoms with Gasteiger partial charge in [0.1, 0.15) is 12.2 Å². The number of carbonyl (C=O) groups is 2. The van der Waals surface area contributed by atoms with Gasteiger partial charge < -0.3 is 34.6 Å². The first-order valence-electron chi connectivity index (χ1n) is 17.5. The number of hydrogen-bond donors (Lipinski definition) is 2. The first kappa shape index (κ1) is 43.6. The molecule has 2 aliphatic heterocycles. The largest absolute Gasteiger partial charge is 0.492 e. The van der Waals surface area contributed by atoms with Gasteiger partial charge in [0, 0.05) is 59.6 Å². The Hall–Kier alpha value is -2.76. The number of ether oxygens (including phenoxy) is 3. The van der Waals surface area contributed by atoms with Gasteiger partial charge in [0.05, 0.1) is 20.1 Å². The average Bonchev–Trinajstić information content (AvgIpc) is 3.20. The van der Waals surface area contributed by atoms with Crippen LogP contribution in [-0.4, -0.2) is 82.3 Å². The van der Waals surface area contributed by atoms with E-state index >= 15 is 0 Å². The van der Waals surface area contributed by atoms with Gasteiger partial charge in [0.25, 0.3) is 5.91 Å². The van der Waals surface area contributed by atoms with E-state index in [9.17, 15) is 9.59 Å². The minimum absolute atomic E-state index is 0. The number of anilines is 1. The lowest BCUT2D eigenvalue weighted by Gasteiger charge is -2.32. The Bertz CT molecular complexity index is 1620. The summed E-state index contributed by atoms with van der Waals surface area (Å²) in [5.41, 5.74) is 3.05. The van der Waals surface area contributed by atoms with E-state index < -0.39 is 12.2 Å². The highest BCUT2D eigenvalue weighted by atomic mass is 35.5. The van der Waals surface area contributed by atoms with Crippen LogP contribution in [0.1, 0.15) is 62.8 Å². The number of rotatable bonds is 14. The molecular formula is C39H52Cl4N4O5. The van der Waals surface area contributed by atoms with Crippen molar-refractivity contribution in [2.75, 3.05) is 64.4 Å². The van der Waals surface area contributed by atoms with Crippen LogP contribution in [0.5, 0.6) is 11.5 Å². The van der Waals surface area contributed by atoms with Gasteiger partial charge in [-0.2, -0.15) is 0 Å². The molecule has 13 heteroatoms. The van der Waals surface area contributed by atoms with Crippen molar-refractivity contribution in [2.24, 2.45) is 5.41 Å². The molecule has 5 rings (SSSR count). The summed E-state index contributed by atoms with van der Waals surface area (Å²) in [6, 6.07) is 19.1. The molecule has 3 aromatic rings. The van der Waals surface area contributed by atoms with Crippen molar-refractivity contribution in [3.8, 4) is 11.5 Å². The third kappa shape index (κ3) is 11.6. The number of nitrogens with zero attached hydrogens (tertiary/aromatic N) is 2. The smallest absolute Gasteiger partial charge is 0.256 e. The summed E-state index contributed by atoms with van der Waals surface area (Å²) < 4.78 is 19.0. The lowest BCUT2D eigenvalue weighted by Crippen LogP contribution is -2.49. The van der Waals surface area contributed by atoms with E-state index in [-0.39, 0.29) is 48.5 Å².